The lowest BCUT2D eigenvalue weighted by atomic mass is 9.71. The zero-order valence-electron chi connectivity index (χ0n) is 13.5. The van der Waals surface area contributed by atoms with Gasteiger partial charge in [0.25, 0.3) is 0 Å². The molecular formula is C18H35N. The Morgan fingerprint density at radius 1 is 0.947 bits per heavy atom. The highest BCUT2D eigenvalue weighted by molar-refractivity contribution is 4.85. The molecule has 2 saturated carbocycles. The Morgan fingerprint density at radius 3 is 2.16 bits per heavy atom. The van der Waals surface area contributed by atoms with Gasteiger partial charge in [0.15, 0.2) is 0 Å². The van der Waals surface area contributed by atoms with Crippen molar-refractivity contribution in [2.45, 2.75) is 84.6 Å². The monoisotopic (exact) mass is 265 g/mol. The summed E-state index contributed by atoms with van der Waals surface area (Å²) in [6.45, 7) is 8.36. The molecule has 2 fully saturated rings. The van der Waals surface area contributed by atoms with E-state index in [1.165, 1.54) is 57.8 Å². The number of rotatable bonds is 5. The van der Waals surface area contributed by atoms with E-state index in [2.05, 4.69) is 26.1 Å². The van der Waals surface area contributed by atoms with E-state index in [0.717, 1.165) is 36.3 Å². The standard InChI is InChI=1S/C18H35N/c1-4-19-18(13-16-8-6-5-7-9-16)17-11-14(2)10-15(3)12-17/h14-19H,4-13H2,1-3H3. The minimum Gasteiger partial charge on any atom is -0.314 e. The Kier molecular flexibility index (Phi) is 6.19. The van der Waals surface area contributed by atoms with E-state index in [4.69, 9.17) is 0 Å². The molecule has 0 aliphatic heterocycles. The summed E-state index contributed by atoms with van der Waals surface area (Å²) >= 11 is 0. The Hall–Kier alpha value is -0.0400. The van der Waals surface area contributed by atoms with Gasteiger partial charge in [-0.05, 0) is 55.9 Å². The van der Waals surface area contributed by atoms with Crippen LogP contribution in [0.4, 0.5) is 0 Å². The molecule has 0 aromatic rings. The topological polar surface area (TPSA) is 12.0 Å². The third kappa shape index (κ3) is 4.77. The highest BCUT2D eigenvalue weighted by atomic mass is 14.9. The summed E-state index contributed by atoms with van der Waals surface area (Å²) in [7, 11) is 0. The van der Waals surface area contributed by atoms with Crippen molar-refractivity contribution in [1.29, 1.82) is 0 Å². The van der Waals surface area contributed by atoms with E-state index >= 15 is 0 Å². The highest BCUT2D eigenvalue weighted by Crippen LogP contribution is 2.37. The smallest absolute Gasteiger partial charge is 0.00980 e. The second-order valence-electron chi connectivity index (χ2n) is 7.58. The first-order chi connectivity index (χ1) is 9.19. The second-order valence-corrected chi connectivity index (χ2v) is 7.58. The van der Waals surface area contributed by atoms with Crippen molar-refractivity contribution in [2.24, 2.45) is 23.7 Å². The van der Waals surface area contributed by atoms with Crippen molar-refractivity contribution >= 4 is 0 Å². The van der Waals surface area contributed by atoms with Gasteiger partial charge in [-0.3, -0.25) is 0 Å². The summed E-state index contributed by atoms with van der Waals surface area (Å²) in [6, 6.07) is 0.804. The van der Waals surface area contributed by atoms with Crippen LogP contribution in [0.25, 0.3) is 0 Å². The third-order valence-electron chi connectivity index (χ3n) is 5.56. The van der Waals surface area contributed by atoms with Crippen molar-refractivity contribution in [3.8, 4) is 0 Å². The van der Waals surface area contributed by atoms with E-state index in [0.29, 0.717) is 0 Å². The van der Waals surface area contributed by atoms with E-state index in [1.54, 1.807) is 0 Å². The molecule has 0 heterocycles. The Bertz CT molecular complexity index is 234. The van der Waals surface area contributed by atoms with Gasteiger partial charge in [-0.1, -0.05) is 52.9 Å². The molecule has 0 amide bonds. The van der Waals surface area contributed by atoms with Gasteiger partial charge in [0, 0.05) is 6.04 Å². The van der Waals surface area contributed by atoms with Gasteiger partial charge < -0.3 is 5.32 Å². The maximum Gasteiger partial charge on any atom is 0.00980 e. The first-order valence-electron chi connectivity index (χ1n) is 8.92. The molecular weight excluding hydrogens is 230 g/mol. The van der Waals surface area contributed by atoms with E-state index in [9.17, 15) is 0 Å². The predicted octanol–water partition coefficient (Wildman–Crippen LogP) is 5.01. The van der Waals surface area contributed by atoms with Gasteiger partial charge in [0.1, 0.15) is 0 Å². The Labute approximate surface area is 120 Å². The zero-order valence-corrected chi connectivity index (χ0v) is 13.5. The van der Waals surface area contributed by atoms with Gasteiger partial charge in [-0.15, -0.1) is 0 Å². The Balaban J connectivity index is 1.89. The summed E-state index contributed by atoms with van der Waals surface area (Å²) in [5.74, 6) is 3.86. The fourth-order valence-corrected chi connectivity index (χ4v) is 4.82. The first kappa shape index (κ1) is 15.4. The van der Waals surface area contributed by atoms with Gasteiger partial charge in [0.2, 0.25) is 0 Å². The largest absolute Gasteiger partial charge is 0.314 e. The second kappa shape index (κ2) is 7.67. The summed E-state index contributed by atoms with van der Waals surface area (Å²) in [4.78, 5) is 0. The summed E-state index contributed by atoms with van der Waals surface area (Å²) < 4.78 is 0. The van der Waals surface area contributed by atoms with Gasteiger partial charge in [-0.25, -0.2) is 0 Å². The van der Waals surface area contributed by atoms with Crippen LogP contribution in [0.15, 0.2) is 0 Å². The van der Waals surface area contributed by atoms with Gasteiger partial charge in [0.05, 0.1) is 0 Å². The fourth-order valence-electron chi connectivity index (χ4n) is 4.82. The van der Waals surface area contributed by atoms with Crippen LogP contribution in [0.3, 0.4) is 0 Å². The minimum absolute atomic E-state index is 0.804. The molecule has 0 bridgehead atoms. The average molecular weight is 265 g/mol. The summed E-state index contributed by atoms with van der Waals surface area (Å²) in [6.07, 6.45) is 13.3. The molecule has 0 aromatic carbocycles. The molecule has 3 atom stereocenters. The normalized spacial score (nSPS) is 35.2. The molecule has 0 spiro atoms. The van der Waals surface area contributed by atoms with Crippen LogP contribution in [-0.4, -0.2) is 12.6 Å². The Morgan fingerprint density at radius 2 is 1.58 bits per heavy atom. The van der Waals surface area contributed by atoms with Crippen molar-refractivity contribution in [1.82, 2.24) is 5.32 Å². The van der Waals surface area contributed by atoms with Gasteiger partial charge >= 0.3 is 0 Å². The van der Waals surface area contributed by atoms with Crippen LogP contribution in [0.1, 0.15) is 78.6 Å². The lowest BCUT2D eigenvalue weighted by molar-refractivity contribution is 0.154. The SMILES string of the molecule is CCNC(CC1CCCCC1)C1CC(C)CC(C)C1. The highest BCUT2D eigenvalue weighted by Gasteiger charge is 2.31. The maximum atomic E-state index is 3.84. The maximum absolute atomic E-state index is 3.84. The average Bonchev–Trinajstić information content (AvgIpc) is 2.38. The molecule has 19 heavy (non-hydrogen) atoms. The molecule has 3 unspecified atom stereocenters. The van der Waals surface area contributed by atoms with Crippen LogP contribution in [-0.2, 0) is 0 Å². The van der Waals surface area contributed by atoms with Crippen molar-refractivity contribution in [3.63, 3.8) is 0 Å². The van der Waals surface area contributed by atoms with Crippen molar-refractivity contribution in [3.05, 3.63) is 0 Å². The minimum atomic E-state index is 0.804. The van der Waals surface area contributed by atoms with Crippen molar-refractivity contribution in [2.75, 3.05) is 6.54 Å². The fraction of sp³-hybridized carbons (Fsp3) is 1.00. The third-order valence-corrected chi connectivity index (χ3v) is 5.56. The predicted molar refractivity (Wildman–Crippen MR) is 84.3 cm³/mol. The number of hydrogen-bond acceptors (Lipinski definition) is 1. The molecule has 0 saturated heterocycles. The van der Waals surface area contributed by atoms with Crippen LogP contribution in [0.2, 0.25) is 0 Å². The molecule has 1 nitrogen and oxygen atoms in total. The van der Waals surface area contributed by atoms with Crippen LogP contribution in [0.5, 0.6) is 0 Å². The molecule has 1 heteroatoms. The van der Waals surface area contributed by atoms with Crippen LogP contribution in [0, 0.1) is 23.7 Å². The molecule has 0 radical (unpaired) electrons. The molecule has 112 valence electrons. The number of hydrogen-bond donors (Lipinski definition) is 1. The molecule has 0 aromatic heterocycles. The zero-order chi connectivity index (χ0) is 13.7. The van der Waals surface area contributed by atoms with E-state index in [1.807, 2.05) is 0 Å². The lowest BCUT2D eigenvalue weighted by Crippen LogP contribution is -2.41. The van der Waals surface area contributed by atoms with Crippen LogP contribution < -0.4 is 5.32 Å². The van der Waals surface area contributed by atoms with Crippen LogP contribution >= 0.6 is 0 Å². The summed E-state index contributed by atoms with van der Waals surface area (Å²) in [5, 5.41) is 3.84. The van der Waals surface area contributed by atoms with E-state index in [-0.39, 0.29) is 0 Å². The van der Waals surface area contributed by atoms with E-state index < -0.39 is 0 Å². The summed E-state index contributed by atoms with van der Waals surface area (Å²) in [5.41, 5.74) is 0. The molecule has 1 N–H and O–H groups in total. The van der Waals surface area contributed by atoms with Gasteiger partial charge in [-0.2, -0.15) is 0 Å². The quantitative estimate of drug-likeness (QED) is 0.737. The first-order valence-corrected chi connectivity index (χ1v) is 8.92. The molecule has 2 aliphatic carbocycles. The molecule has 2 aliphatic rings. The lowest BCUT2D eigenvalue weighted by Gasteiger charge is -2.39. The number of nitrogens with one attached hydrogen (secondary N) is 1. The molecule has 2 rings (SSSR count). The van der Waals surface area contributed by atoms with Crippen molar-refractivity contribution < 1.29 is 0 Å².